The maximum absolute atomic E-state index is 2.58. The van der Waals surface area contributed by atoms with Gasteiger partial charge in [-0.05, 0) is 26.2 Å². The second kappa shape index (κ2) is 34.5. The van der Waals surface area contributed by atoms with Gasteiger partial charge in [-0.15, -0.1) is 0 Å². The quantitative estimate of drug-likeness (QED) is 0.0511. The van der Waals surface area contributed by atoms with Crippen molar-refractivity contribution in [2.75, 3.05) is 0 Å². The molecule has 0 aromatic carbocycles. The first-order valence-corrected chi connectivity index (χ1v) is 21.4. The molecule has 0 bridgehead atoms. The minimum absolute atomic E-state index is 1.11. The van der Waals surface area contributed by atoms with E-state index >= 15 is 0 Å². The van der Waals surface area contributed by atoms with E-state index in [0.29, 0.717) is 0 Å². The first kappa shape index (κ1) is 42.2. The van der Waals surface area contributed by atoms with E-state index in [-0.39, 0.29) is 0 Å². The molecule has 0 aliphatic carbocycles. The second-order valence-electron chi connectivity index (χ2n) is 14.8. The van der Waals surface area contributed by atoms with Crippen LogP contribution >= 0.6 is 0 Å². The molecule has 0 aliphatic heterocycles. The Hall–Kier alpha value is -0.790. The summed E-state index contributed by atoms with van der Waals surface area (Å²) in [7, 11) is 0. The number of nitrogens with zero attached hydrogens (tertiary/aromatic N) is 2. The SMILES string of the molecule is CCCCCCCCCCCCCCCCCCCc1n(CC)cc[n+]1CCCCCCCCCCCCCCCCCCC. The fourth-order valence-corrected chi connectivity index (χ4v) is 7.29. The lowest BCUT2D eigenvalue weighted by Crippen LogP contribution is -2.37. The normalized spacial score (nSPS) is 11.6. The lowest BCUT2D eigenvalue weighted by molar-refractivity contribution is -0.704. The minimum atomic E-state index is 1.11. The summed E-state index contributed by atoms with van der Waals surface area (Å²) in [6.45, 7) is 9.26. The molecule has 2 nitrogen and oxygen atoms in total. The van der Waals surface area contributed by atoms with Crippen LogP contribution in [-0.2, 0) is 19.5 Å². The minimum Gasteiger partial charge on any atom is -0.235 e. The zero-order valence-corrected chi connectivity index (χ0v) is 31.7. The molecule has 1 aromatic heterocycles. The van der Waals surface area contributed by atoms with Gasteiger partial charge in [-0.3, -0.25) is 0 Å². The zero-order valence-electron chi connectivity index (χ0n) is 31.7. The van der Waals surface area contributed by atoms with Gasteiger partial charge >= 0.3 is 0 Å². The maximum Gasteiger partial charge on any atom is 0.256 e. The molecule has 0 aliphatic rings. The van der Waals surface area contributed by atoms with E-state index in [0.717, 1.165) is 6.54 Å². The van der Waals surface area contributed by atoms with Crippen LogP contribution in [0.3, 0.4) is 0 Å². The summed E-state index contributed by atoms with van der Waals surface area (Å²) in [6, 6.07) is 0. The van der Waals surface area contributed by atoms with Crippen molar-refractivity contribution < 1.29 is 4.57 Å². The lowest BCUT2D eigenvalue weighted by Gasteiger charge is -2.06. The number of rotatable bonds is 37. The molecule has 0 N–H and O–H groups in total. The number of unbranched alkanes of at least 4 members (excludes halogenated alkanes) is 32. The number of aryl methyl sites for hydroxylation is 2. The van der Waals surface area contributed by atoms with E-state index in [1.165, 1.54) is 231 Å². The topological polar surface area (TPSA) is 8.81 Å². The highest BCUT2D eigenvalue weighted by molar-refractivity contribution is 4.84. The molecular weight excluding hydrogens is 544 g/mol. The van der Waals surface area contributed by atoms with Crippen molar-refractivity contribution in [1.82, 2.24) is 4.57 Å². The van der Waals surface area contributed by atoms with E-state index in [9.17, 15) is 0 Å². The van der Waals surface area contributed by atoms with Crippen LogP contribution in [0.15, 0.2) is 12.4 Å². The molecule has 1 heterocycles. The van der Waals surface area contributed by atoms with E-state index in [2.05, 4.69) is 42.3 Å². The summed E-state index contributed by atoms with van der Waals surface area (Å²) in [5.41, 5.74) is 0. The highest BCUT2D eigenvalue weighted by atomic mass is 15.1. The summed E-state index contributed by atoms with van der Waals surface area (Å²) < 4.78 is 5.08. The molecule has 0 radical (unpaired) electrons. The van der Waals surface area contributed by atoms with Gasteiger partial charge < -0.3 is 0 Å². The standard InChI is InChI=1S/C43H85N2/c1-4-7-9-11-13-15-17-19-21-23-25-27-29-31-33-35-37-39-43-44(6-3)41-42-45(43)40-38-36-34-32-30-28-26-24-22-20-18-16-14-12-10-8-5-2/h41-42H,4-40H2,1-3H3/q+1. The van der Waals surface area contributed by atoms with E-state index in [1.54, 1.807) is 5.82 Å². The summed E-state index contributed by atoms with van der Waals surface area (Å²) in [5, 5.41) is 0. The molecular formula is C43H85N2+. The van der Waals surface area contributed by atoms with Crippen LogP contribution in [0.5, 0.6) is 0 Å². The molecule has 1 rings (SSSR count). The summed E-state index contributed by atoms with van der Waals surface area (Å²) in [4.78, 5) is 0. The van der Waals surface area contributed by atoms with Crippen LogP contribution in [0.4, 0.5) is 0 Å². The average Bonchev–Trinajstić information content (AvgIpc) is 3.45. The summed E-state index contributed by atoms with van der Waals surface area (Å²) in [6.07, 6.45) is 55.2. The number of hydrogen-bond acceptors (Lipinski definition) is 0. The molecule has 0 spiro atoms. The maximum atomic E-state index is 2.58. The number of aromatic nitrogens is 2. The predicted octanol–water partition coefficient (Wildman–Crippen LogP) is 14.6. The molecule has 0 atom stereocenters. The molecule has 1 aromatic rings. The van der Waals surface area contributed by atoms with Crippen LogP contribution in [0.1, 0.15) is 245 Å². The molecule has 0 saturated carbocycles. The Morgan fingerprint density at radius 1 is 0.378 bits per heavy atom. The smallest absolute Gasteiger partial charge is 0.235 e. The Labute approximate surface area is 285 Å². The van der Waals surface area contributed by atoms with E-state index in [4.69, 9.17) is 0 Å². The van der Waals surface area contributed by atoms with Crippen LogP contribution in [0.2, 0.25) is 0 Å². The monoisotopic (exact) mass is 630 g/mol. The molecule has 0 saturated heterocycles. The first-order valence-electron chi connectivity index (χ1n) is 21.4. The van der Waals surface area contributed by atoms with Crippen molar-refractivity contribution in [1.29, 1.82) is 0 Å². The lowest BCUT2D eigenvalue weighted by atomic mass is 10.0. The Bertz CT molecular complexity index is 692. The summed E-state index contributed by atoms with van der Waals surface area (Å²) >= 11 is 0. The van der Waals surface area contributed by atoms with Crippen molar-refractivity contribution in [3.05, 3.63) is 18.2 Å². The van der Waals surface area contributed by atoms with Gasteiger partial charge in [0.15, 0.2) is 0 Å². The van der Waals surface area contributed by atoms with Gasteiger partial charge in [0.1, 0.15) is 12.4 Å². The van der Waals surface area contributed by atoms with Crippen LogP contribution < -0.4 is 4.57 Å². The van der Waals surface area contributed by atoms with Crippen molar-refractivity contribution in [3.63, 3.8) is 0 Å². The highest BCUT2D eigenvalue weighted by Crippen LogP contribution is 2.16. The second-order valence-corrected chi connectivity index (χ2v) is 14.8. The molecule has 0 amide bonds. The Morgan fingerprint density at radius 2 is 0.667 bits per heavy atom. The van der Waals surface area contributed by atoms with Crippen LogP contribution in [0, 0.1) is 0 Å². The van der Waals surface area contributed by atoms with Gasteiger partial charge in [-0.1, -0.05) is 213 Å². The van der Waals surface area contributed by atoms with Gasteiger partial charge in [0.05, 0.1) is 13.1 Å². The van der Waals surface area contributed by atoms with E-state index < -0.39 is 0 Å². The van der Waals surface area contributed by atoms with Crippen molar-refractivity contribution in [2.24, 2.45) is 0 Å². The van der Waals surface area contributed by atoms with Gasteiger partial charge in [0.2, 0.25) is 0 Å². The van der Waals surface area contributed by atoms with Gasteiger partial charge in [-0.2, -0.15) is 0 Å². The number of hydrogen-bond donors (Lipinski definition) is 0. The Morgan fingerprint density at radius 3 is 0.978 bits per heavy atom. The first-order chi connectivity index (χ1) is 22.3. The molecule has 266 valence electrons. The van der Waals surface area contributed by atoms with Crippen molar-refractivity contribution >= 4 is 0 Å². The van der Waals surface area contributed by atoms with Gasteiger partial charge in [0.25, 0.3) is 5.82 Å². The average molecular weight is 630 g/mol. The van der Waals surface area contributed by atoms with Crippen molar-refractivity contribution in [2.45, 2.75) is 259 Å². The Kier molecular flexibility index (Phi) is 32.4. The third kappa shape index (κ3) is 26.9. The molecule has 2 heteroatoms. The van der Waals surface area contributed by atoms with Crippen molar-refractivity contribution in [3.8, 4) is 0 Å². The third-order valence-electron chi connectivity index (χ3n) is 10.4. The van der Waals surface area contributed by atoms with E-state index in [1.807, 2.05) is 0 Å². The molecule has 45 heavy (non-hydrogen) atoms. The predicted molar refractivity (Wildman–Crippen MR) is 202 cm³/mol. The fraction of sp³-hybridized carbons (Fsp3) is 0.930. The van der Waals surface area contributed by atoms with Gasteiger partial charge in [-0.25, -0.2) is 9.13 Å². The van der Waals surface area contributed by atoms with Gasteiger partial charge in [0, 0.05) is 6.42 Å². The van der Waals surface area contributed by atoms with Crippen LogP contribution in [-0.4, -0.2) is 4.57 Å². The Balaban J connectivity index is 1.93. The highest BCUT2D eigenvalue weighted by Gasteiger charge is 2.15. The number of imidazole rings is 1. The van der Waals surface area contributed by atoms with Crippen LogP contribution in [0.25, 0.3) is 0 Å². The largest absolute Gasteiger partial charge is 0.256 e. The third-order valence-corrected chi connectivity index (χ3v) is 10.4. The summed E-state index contributed by atoms with van der Waals surface area (Å²) in [5.74, 6) is 1.58. The molecule has 0 unspecified atom stereocenters. The zero-order chi connectivity index (χ0) is 32.3. The molecule has 0 fully saturated rings. The fourth-order valence-electron chi connectivity index (χ4n) is 7.29.